The Morgan fingerprint density at radius 3 is 2.24 bits per heavy atom. The minimum absolute atomic E-state index is 0.784. The summed E-state index contributed by atoms with van der Waals surface area (Å²) in [4.78, 5) is 0. The monoisotopic (exact) mass is 236 g/mol. The summed E-state index contributed by atoms with van der Waals surface area (Å²) >= 11 is 0. The van der Waals surface area contributed by atoms with Crippen molar-refractivity contribution in [1.29, 1.82) is 0 Å². The van der Waals surface area contributed by atoms with Crippen LogP contribution in [0.5, 0.6) is 11.5 Å². The maximum Gasteiger partial charge on any atom is 0.161 e. The molecule has 0 saturated heterocycles. The Kier molecular flexibility index (Phi) is 7.28. The summed E-state index contributed by atoms with van der Waals surface area (Å²) in [5, 5.41) is 0. The number of hydrogen-bond donors (Lipinski definition) is 0. The lowest BCUT2D eigenvalue weighted by Crippen LogP contribution is -1.99. The molecule has 0 heterocycles. The molecular formula is C15H24O2. The highest BCUT2D eigenvalue weighted by molar-refractivity contribution is 5.39. The van der Waals surface area contributed by atoms with Crippen molar-refractivity contribution < 1.29 is 9.47 Å². The Balaban J connectivity index is 2.13. The molecule has 0 saturated carbocycles. The lowest BCUT2D eigenvalue weighted by Gasteiger charge is -2.09. The number of benzene rings is 1. The van der Waals surface area contributed by atoms with Crippen LogP contribution in [0.4, 0.5) is 0 Å². The molecule has 0 aliphatic carbocycles. The van der Waals surface area contributed by atoms with Crippen LogP contribution in [0.15, 0.2) is 24.3 Å². The fourth-order valence-corrected chi connectivity index (χ4v) is 1.80. The molecule has 0 radical (unpaired) electrons. The quantitative estimate of drug-likeness (QED) is 0.590. The van der Waals surface area contributed by atoms with Gasteiger partial charge in [0.25, 0.3) is 0 Å². The number of para-hydroxylation sites is 2. The van der Waals surface area contributed by atoms with Crippen molar-refractivity contribution in [2.45, 2.75) is 45.4 Å². The van der Waals surface area contributed by atoms with Crippen LogP contribution in [0.2, 0.25) is 0 Å². The van der Waals surface area contributed by atoms with E-state index in [-0.39, 0.29) is 0 Å². The van der Waals surface area contributed by atoms with Crippen molar-refractivity contribution in [3.05, 3.63) is 24.3 Å². The molecule has 1 aromatic carbocycles. The molecule has 0 bridgehead atoms. The molecule has 0 unspecified atom stereocenters. The van der Waals surface area contributed by atoms with E-state index in [1.807, 2.05) is 24.3 Å². The van der Waals surface area contributed by atoms with Crippen molar-refractivity contribution in [3.63, 3.8) is 0 Å². The molecule has 0 aliphatic heterocycles. The summed E-state index contributed by atoms with van der Waals surface area (Å²) in [6.45, 7) is 3.03. The zero-order valence-corrected chi connectivity index (χ0v) is 11.1. The van der Waals surface area contributed by atoms with Crippen LogP contribution in [0.3, 0.4) is 0 Å². The van der Waals surface area contributed by atoms with E-state index in [1.54, 1.807) is 7.11 Å². The number of hydrogen-bond acceptors (Lipinski definition) is 2. The van der Waals surface area contributed by atoms with E-state index in [0.717, 1.165) is 24.5 Å². The molecule has 2 heteroatoms. The Bertz CT molecular complexity index is 297. The lowest BCUT2D eigenvalue weighted by molar-refractivity contribution is 0.284. The van der Waals surface area contributed by atoms with Gasteiger partial charge in [-0.1, -0.05) is 51.2 Å². The van der Waals surface area contributed by atoms with Crippen LogP contribution in [-0.4, -0.2) is 13.7 Å². The van der Waals surface area contributed by atoms with Crippen molar-refractivity contribution >= 4 is 0 Å². The van der Waals surface area contributed by atoms with Crippen LogP contribution < -0.4 is 9.47 Å². The van der Waals surface area contributed by atoms with Gasteiger partial charge in [0.05, 0.1) is 13.7 Å². The SMILES string of the molecule is CCCCCCCCOc1ccccc1OC. The smallest absolute Gasteiger partial charge is 0.161 e. The largest absolute Gasteiger partial charge is 0.493 e. The molecule has 1 aromatic rings. The average Bonchev–Trinajstić information content (AvgIpc) is 2.38. The third kappa shape index (κ3) is 5.62. The Labute approximate surface area is 105 Å². The van der Waals surface area contributed by atoms with E-state index in [2.05, 4.69) is 6.92 Å². The van der Waals surface area contributed by atoms with Crippen LogP contribution in [0, 0.1) is 0 Å². The lowest BCUT2D eigenvalue weighted by atomic mass is 10.1. The summed E-state index contributed by atoms with van der Waals surface area (Å²) in [5.41, 5.74) is 0. The number of rotatable bonds is 9. The fraction of sp³-hybridized carbons (Fsp3) is 0.600. The molecule has 17 heavy (non-hydrogen) atoms. The predicted molar refractivity (Wildman–Crippen MR) is 71.9 cm³/mol. The maximum absolute atomic E-state index is 5.71. The summed E-state index contributed by atoms with van der Waals surface area (Å²) in [7, 11) is 1.67. The summed E-state index contributed by atoms with van der Waals surface area (Å²) < 4.78 is 10.9. The zero-order valence-electron chi connectivity index (χ0n) is 11.1. The van der Waals surface area contributed by atoms with Crippen LogP contribution in [0.1, 0.15) is 45.4 Å². The highest BCUT2D eigenvalue weighted by Crippen LogP contribution is 2.25. The molecule has 0 aliphatic rings. The second kappa shape index (κ2) is 8.91. The average molecular weight is 236 g/mol. The third-order valence-electron chi connectivity index (χ3n) is 2.82. The second-order valence-corrected chi connectivity index (χ2v) is 4.27. The van der Waals surface area contributed by atoms with E-state index in [0.29, 0.717) is 0 Å². The van der Waals surface area contributed by atoms with Gasteiger partial charge in [-0.25, -0.2) is 0 Å². The molecule has 0 fully saturated rings. The Hall–Kier alpha value is -1.18. The minimum atomic E-state index is 0.784. The molecule has 0 spiro atoms. The van der Waals surface area contributed by atoms with Gasteiger partial charge in [0, 0.05) is 0 Å². The van der Waals surface area contributed by atoms with E-state index in [1.165, 1.54) is 32.1 Å². The van der Waals surface area contributed by atoms with Gasteiger partial charge in [-0.2, -0.15) is 0 Å². The Morgan fingerprint density at radius 1 is 0.882 bits per heavy atom. The topological polar surface area (TPSA) is 18.5 Å². The zero-order chi connectivity index (χ0) is 12.3. The summed E-state index contributed by atoms with van der Waals surface area (Å²) in [5.74, 6) is 1.67. The number of unbranched alkanes of at least 4 members (excludes halogenated alkanes) is 5. The third-order valence-corrected chi connectivity index (χ3v) is 2.82. The standard InChI is InChI=1S/C15H24O2/c1-3-4-5-6-7-10-13-17-15-12-9-8-11-14(15)16-2/h8-9,11-12H,3-7,10,13H2,1-2H3. The first kappa shape index (κ1) is 13.9. The summed E-state index contributed by atoms with van der Waals surface area (Å²) in [6.07, 6.45) is 7.72. The Morgan fingerprint density at radius 2 is 1.53 bits per heavy atom. The van der Waals surface area contributed by atoms with Gasteiger partial charge in [0.1, 0.15) is 0 Å². The van der Waals surface area contributed by atoms with Crippen LogP contribution >= 0.6 is 0 Å². The molecular weight excluding hydrogens is 212 g/mol. The highest BCUT2D eigenvalue weighted by Gasteiger charge is 2.01. The van der Waals surface area contributed by atoms with Gasteiger partial charge in [-0.05, 0) is 18.6 Å². The van der Waals surface area contributed by atoms with Crippen molar-refractivity contribution in [2.75, 3.05) is 13.7 Å². The van der Waals surface area contributed by atoms with Gasteiger partial charge in [0.2, 0.25) is 0 Å². The molecule has 0 aromatic heterocycles. The first-order valence-electron chi connectivity index (χ1n) is 6.64. The second-order valence-electron chi connectivity index (χ2n) is 4.27. The fourth-order valence-electron chi connectivity index (χ4n) is 1.80. The number of ether oxygens (including phenoxy) is 2. The van der Waals surface area contributed by atoms with Crippen molar-refractivity contribution in [1.82, 2.24) is 0 Å². The maximum atomic E-state index is 5.71. The molecule has 0 N–H and O–H groups in total. The molecule has 0 atom stereocenters. The van der Waals surface area contributed by atoms with Crippen molar-refractivity contribution in [3.8, 4) is 11.5 Å². The van der Waals surface area contributed by atoms with E-state index in [9.17, 15) is 0 Å². The highest BCUT2D eigenvalue weighted by atomic mass is 16.5. The number of methoxy groups -OCH3 is 1. The van der Waals surface area contributed by atoms with Crippen molar-refractivity contribution in [2.24, 2.45) is 0 Å². The predicted octanol–water partition coefficient (Wildman–Crippen LogP) is 4.43. The molecule has 1 rings (SSSR count). The van der Waals surface area contributed by atoms with Gasteiger partial charge < -0.3 is 9.47 Å². The van der Waals surface area contributed by atoms with Crippen LogP contribution in [0.25, 0.3) is 0 Å². The van der Waals surface area contributed by atoms with Gasteiger partial charge in [0.15, 0.2) is 11.5 Å². The van der Waals surface area contributed by atoms with Gasteiger partial charge in [-0.3, -0.25) is 0 Å². The molecule has 2 nitrogen and oxygen atoms in total. The molecule has 0 amide bonds. The summed E-state index contributed by atoms with van der Waals surface area (Å²) in [6, 6.07) is 7.81. The minimum Gasteiger partial charge on any atom is -0.493 e. The van der Waals surface area contributed by atoms with Crippen LogP contribution in [-0.2, 0) is 0 Å². The van der Waals surface area contributed by atoms with E-state index < -0.39 is 0 Å². The van der Waals surface area contributed by atoms with Gasteiger partial charge in [-0.15, -0.1) is 0 Å². The first-order chi connectivity index (χ1) is 8.38. The normalized spacial score (nSPS) is 10.2. The van der Waals surface area contributed by atoms with Gasteiger partial charge >= 0.3 is 0 Å². The first-order valence-corrected chi connectivity index (χ1v) is 6.64. The van der Waals surface area contributed by atoms with E-state index in [4.69, 9.17) is 9.47 Å². The van der Waals surface area contributed by atoms with E-state index >= 15 is 0 Å². The molecule has 96 valence electrons.